The van der Waals surface area contributed by atoms with Gasteiger partial charge in [0.1, 0.15) is 11.6 Å². The van der Waals surface area contributed by atoms with E-state index in [-0.39, 0.29) is 5.56 Å². The summed E-state index contributed by atoms with van der Waals surface area (Å²) in [4.78, 5) is 14.6. The first-order valence-corrected chi connectivity index (χ1v) is 7.65. The van der Waals surface area contributed by atoms with E-state index in [1.165, 1.54) is 0 Å². The van der Waals surface area contributed by atoms with Crippen LogP contribution in [-0.2, 0) is 0 Å². The molecule has 2 aromatic rings. The van der Waals surface area contributed by atoms with Gasteiger partial charge < -0.3 is 14.5 Å². The van der Waals surface area contributed by atoms with Crippen LogP contribution in [0.2, 0.25) is 0 Å². The van der Waals surface area contributed by atoms with Gasteiger partial charge in [-0.25, -0.2) is 0 Å². The highest BCUT2D eigenvalue weighted by Gasteiger charge is 2.13. The van der Waals surface area contributed by atoms with Crippen molar-refractivity contribution in [3.05, 3.63) is 45.9 Å². The summed E-state index contributed by atoms with van der Waals surface area (Å²) in [5.41, 5.74) is 1.65. The van der Waals surface area contributed by atoms with Crippen LogP contribution in [0.4, 0.5) is 0 Å². The van der Waals surface area contributed by atoms with E-state index in [1.807, 2.05) is 6.07 Å². The van der Waals surface area contributed by atoms with E-state index in [1.54, 1.807) is 38.3 Å². The van der Waals surface area contributed by atoms with Crippen molar-refractivity contribution in [3.8, 4) is 28.7 Å². The Labute approximate surface area is 139 Å². The second-order valence-electron chi connectivity index (χ2n) is 4.94. The highest BCUT2D eigenvalue weighted by molar-refractivity contribution is 6.17. The first kappa shape index (κ1) is 16.9. The number of benzene rings is 1. The molecule has 0 aliphatic carbocycles. The Kier molecular flexibility index (Phi) is 5.67. The van der Waals surface area contributed by atoms with Crippen molar-refractivity contribution in [2.75, 3.05) is 19.6 Å². The van der Waals surface area contributed by atoms with Crippen molar-refractivity contribution in [1.29, 1.82) is 5.26 Å². The lowest BCUT2D eigenvalue weighted by atomic mass is 10.0. The third-order valence-corrected chi connectivity index (χ3v) is 3.56. The van der Waals surface area contributed by atoms with Crippen molar-refractivity contribution in [2.45, 2.75) is 13.3 Å². The number of hydrogen-bond donors (Lipinski definition) is 1. The Morgan fingerprint density at radius 1 is 1.30 bits per heavy atom. The summed E-state index contributed by atoms with van der Waals surface area (Å²) in [6.45, 7) is 2.23. The zero-order valence-corrected chi connectivity index (χ0v) is 13.7. The number of nitriles is 1. The number of methoxy groups -OCH3 is 1. The molecule has 1 N–H and O–H groups in total. The number of aromatic amines is 1. The van der Waals surface area contributed by atoms with Crippen molar-refractivity contribution >= 4 is 11.6 Å². The first-order chi connectivity index (χ1) is 11.1. The summed E-state index contributed by atoms with van der Waals surface area (Å²) < 4.78 is 11.0. The van der Waals surface area contributed by atoms with Gasteiger partial charge in [0.2, 0.25) is 0 Å². The SMILES string of the molecule is COc1ccc(-c2cc(C)[nH]c(=O)c2C#N)cc1OCCCCl. The van der Waals surface area contributed by atoms with E-state index in [2.05, 4.69) is 4.98 Å². The Morgan fingerprint density at radius 3 is 2.74 bits per heavy atom. The van der Waals surface area contributed by atoms with Crippen LogP contribution >= 0.6 is 11.6 Å². The maximum absolute atomic E-state index is 11.9. The van der Waals surface area contributed by atoms with E-state index < -0.39 is 5.56 Å². The number of hydrogen-bond acceptors (Lipinski definition) is 4. The summed E-state index contributed by atoms with van der Waals surface area (Å²) >= 11 is 5.66. The molecule has 0 spiro atoms. The number of pyridine rings is 1. The molecule has 23 heavy (non-hydrogen) atoms. The van der Waals surface area contributed by atoms with E-state index >= 15 is 0 Å². The van der Waals surface area contributed by atoms with Crippen LogP contribution in [0.3, 0.4) is 0 Å². The Morgan fingerprint density at radius 2 is 2.09 bits per heavy atom. The molecule has 1 aromatic carbocycles. The first-order valence-electron chi connectivity index (χ1n) is 7.12. The Balaban J connectivity index is 2.51. The second kappa shape index (κ2) is 7.70. The number of nitrogens with zero attached hydrogens (tertiary/aromatic N) is 1. The normalized spacial score (nSPS) is 10.2. The van der Waals surface area contributed by atoms with Crippen LogP contribution in [0.15, 0.2) is 29.1 Å². The molecule has 0 aliphatic rings. The van der Waals surface area contributed by atoms with Gasteiger partial charge in [-0.05, 0) is 37.1 Å². The zero-order valence-electron chi connectivity index (χ0n) is 13.0. The van der Waals surface area contributed by atoms with Crippen LogP contribution in [0.5, 0.6) is 11.5 Å². The summed E-state index contributed by atoms with van der Waals surface area (Å²) in [7, 11) is 1.56. The Bertz CT molecular complexity index is 793. The molecule has 120 valence electrons. The number of alkyl halides is 1. The number of halogens is 1. The molecule has 1 aromatic heterocycles. The van der Waals surface area contributed by atoms with Gasteiger partial charge in [-0.15, -0.1) is 11.6 Å². The van der Waals surface area contributed by atoms with Gasteiger partial charge in [0.05, 0.1) is 13.7 Å². The topological polar surface area (TPSA) is 75.1 Å². The number of H-pyrrole nitrogens is 1. The lowest BCUT2D eigenvalue weighted by Gasteiger charge is -2.13. The number of ether oxygens (including phenoxy) is 2. The molecule has 0 bridgehead atoms. The predicted octanol–water partition coefficient (Wildman–Crippen LogP) is 3.24. The molecule has 0 aliphatic heterocycles. The maximum atomic E-state index is 11.9. The van der Waals surface area contributed by atoms with E-state index in [0.29, 0.717) is 41.7 Å². The van der Waals surface area contributed by atoms with Crippen molar-refractivity contribution in [2.24, 2.45) is 0 Å². The standard InChI is InChI=1S/C17H17ClN2O3/c1-11-8-13(14(10-19)17(21)20-11)12-4-5-15(22-2)16(9-12)23-7-3-6-18/h4-5,8-9H,3,6-7H2,1-2H3,(H,20,21). The number of aromatic nitrogens is 1. The average Bonchev–Trinajstić information content (AvgIpc) is 2.54. The number of rotatable bonds is 6. The van der Waals surface area contributed by atoms with Crippen LogP contribution < -0.4 is 15.0 Å². The maximum Gasteiger partial charge on any atom is 0.266 e. The van der Waals surface area contributed by atoms with E-state index in [9.17, 15) is 10.1 Å². The van der Waals surface area contributed by atoms with Gasteiger partial charge in [-0.3, -0.25) is 4.79 Å². The largest absolute Gasteiger partial charge is 0.493 e. The van der Waals surface area contributed by atoms with Crippen LogP contribution in [0, 0.1) is 18.3 Å². The summed E-state index contributed by atoms with van der Waals surface area (Å²) in [6, 6.07) is 9.04. The number of nitrogens with one attached hydrogen (secondary N) is 1. The predicted molar refractivity (Wildman–Crippen MR) is 89.3 cm³/mol. The minimum atomic E-state index is -0.400. The van der Waals surface area contributed by atoms with Gasteiger partial charge >= 0.3 is 0 Å². The minimum absolute atomic E-state index is 0.0764. The van der Waals surface area contributed by atoms with Crippen LogP contribution in [-0.4, -0.2) is 24.6 Å². The molecule has 6 heteroatoms. The molecule has 0 radical (unpaired) electrons. The lowest BCUT2D eigenvalue weighted by Crippen LogP contribution is -2.12. The zero-order chi connectivity index (χ0) is 16.8. The van der Waals surface area contributed by atoms with Gasteiger partial charge in [0.15, 0.2) is 11.5 Å². The molecule has 5 nitrogen and oxygen atoms in total. The summed E-state index contributed by atoms with van der Waals surface area (Å²) in [5, 5.41) is 9.25. The second-order valence-corrected chi connectivity index (χ2v) is 5.32. The monoisotopic (exact) mass is 332 g/mol. The van der Waals surface area contributed by atoms with Crippen LogP contribution in [0.1, 0.15) is 17.7 Å². The average molecular weight is 333 g/mol. The molecule has 0 amide bonds. The van der Waals surface area contributed by atoms with E-state index in [4.69, 9.17) is 21.1 Å². The third kappa shape index (κ3) is 3.85. The third-order valence-electron chi connectivity index (χ3n) is 3.29. The van der Waals surface area contributed by atoms with Crippen molar-refractivity contribution in [1.82, 2.24) is 4.98 Å². The van der Waals surface area contributed by atoms with Crippen molar-refractivity contribution in [3.63, 3.8) is 0 Å². The highest BCUT2D eigenvalue weighted by atomic mass is 35.5. The van der Waals surface area contributed by atoms with Gasteiger partial charge in [-0.1, -0.05) is 6.07 Å². The summed E-state index contributed by atoms with van der Waals surface area (Å²) in [5.74, 6) is 1.65. The quantitative estimate of drug-likeness (QED) is 0.651. The molecule has 0 fully saturated rings. The minimum Gasteiger partial charge on any atom is -0.493 e. The lowest BCUT2D eigenvalue weighted by molar-refractivity contribution is 0.295. The molecule has 2 rings (SSSR count). The van der Waals surface area contributed by atoms with E-state index in [0.717, 1.165) is 5.56 Å². The fourth-order valence-corrected chi connectivity index (χ4v) is 2.33. The highest BCUT2D eigenvalue weighted by Crippen LogP contribution is 2.33. The Hall–Kier alpha value is -2.45. The molecule has 0 saturated carbocycles. The number of aryl methyl sites for hydroxylation is 1. The molecule has 1 heterocycles. The van der Waals surface area contributed by atoms with Gasteiger partial charge in [-0.2, -0.15) is 5.26 Å². The van der Waals surface area contributed by atoms with Crippen molar-refractivity contribution < 1.29 is 9.47 Å². The fraction of sp³-hybridized carbons (Fsp3) is 0.294. The molecular weight excluding hydrogens is 316 g/mol. The molecule has 0 atom stereocenters. The molecular formula is C17H17ClN2O3. The molecule has 0 unspecified atom stereocenters. The summed E-state index contributed by atoms with van der Waals surface area (Å²) in [6.07, 6.45) is 0.711. The smallest absolute Gasteiger partial charge is 0.266 e. The molecule has 0 saturated heterocycles. The van der Waals surface area contributed by atoms with Gasteiger partial charge in [0, 0.05) is 17.1 Å². The fourth-order valence-electron chi connectivity index (χ4n) is 2.22. The van der Waals surface area contributed by atoms with Crippen LogP contribution in [0.25, 0.3) is 11.1 Å². The van der Waals surface area contributed by atoms with Gasteiger partial charge in [0.25, 0.3) is 5.56 Å².